The predicted molar refractivity (Wildman–Crippen MR) is 143 cm³/mol. The number of β-amino-alcohol motifs (C(OH)–C–C–N with tert-alkyl or cyclic N) is 1. The van der Waals surface area contributed by atoms with Crippen LogP contribution in [0.1, 0.15) is 32.1 Å². The Labute approximate surface area is 225 Å². The number of nitrogens with one attached hydrogen (secondary N) is 2. The van der Waals surface area contributed by atoms with Gasteiger partial charge in [-0.3, -0.25) is 9.69 Å². The zero-order chi connectivity index (χ0) is 26.8. The van der Waals surface area contributed by atoms with Crippen molar-refractivity contribution in [2.24, 2.45) is 0 Å². The molecule has 3 aromatic rings. The van der Waals surface area contributed by atoms with Crippen molar-refractivity contribution >= 4 is 39.9 Å². The largest absolute Gasteiger partial charge is 0.493 e. The highest BCUT2D eigenvalue weighted by atomic mass is 35.5. The summed E-state index contributed by atoms with van der Waals surface area (Å²) in [5.41, 5.74) is 0.821. The second kappa shape index (κ2) is 11.3. The van der Waals surface area contributed by atoms with Crippen LogP contribution in [0, 0.1) is 5.82 Å². The minimum Gasteiger partial charge on any atom is -0.493 e. The number of fused-ring (bicyclic) bond motifs is 1. The van der Waals surface area contributed by atoms with Crippen LogP contribution in [0.3, 0.4) is 0 Å². The normalized spacial score (nSPS) is 23.8. The van der Waals surface area contributed by atoms with Crippen LogP contribution in [-0.4, -0.2) is 70.9 Å². The smallest absolute Gasteiger partial charge is 0.237 e. The number of anilines is 2. The number of hydrogen-bond donors (Lipinski definition) is 3. The standard InChI is InChI=1S/C27H31ClFN5O4/c1-30-27(36)22-10-16(35)13-34(22)15-6-8-17(9-7-15)38-24-11-18-21(12-23(24)37-2)31-14-32-26(18)33-20-5-3-4-19(28)25(20)29/h3-5,11-12,14-17,22,35H,6-10,13H2,1-2H3,(H,30,36)(H,31,32,33)/t15-,16-,17-,22-/m1/s1. The molecule has 5 rings (SSSR count). The number of likely N-dealkylation sites (tertiary alicyclic amines) is 1. The van der Waals surface area contributed by atoms with Crippen LogP contribution in [0.15, 0.2) is 36.7 Å². The van der Waals surface area contributed by atoms with Crippen LogP contribution < -0.4 is 20.1 Å². The van der Waals surface area contributed by atoms with Gasteiger partial charge in [0, 0.05) is 31.1 Å². The van der Waals surface area contributed by atoms with E-state index in [1.54, 1.807) is 32.4 Å². The Balaban J connectivity index is 1.33. The quantitative estimate of drug-likeness (QED) is 0.410. The Hall–Kier alpha value is -3.21. The second-order valence-electron chi connectivity index (χ2n) is 9.73. The molecular formula is C27H31ClFN5O4. The maximum Gasteiger partial charge on any atom is 0.237 e. The van der Waals surface area contributed by atoms with Crippen LogP contribution in [0.2, 0.25) is 5.02 Å². The molecule has 1 amide bonds. The summed E-state index contributed by atoms with van der Waals surface area (Å²) in [6.07, 6.45) is 4.62. The molecule has 1 saturated heterocycles. The fourth-order valence-corrected chi connectivity index (χ4v) is 5.66. The number of hydrogen-bond acceptors (Lipinski definition) is 8. The van der Waals surface area contributed by atoms with E-state index in [0.29, 0.717) is 41.2 Å². The molecule has 1 aliphatic heterocycles. The first-order valence-electron chi connectivity index (χ1n) is 12.7. The number of rotatable bonds is 7. The number of carbonyl (C=O) groups excluding carboxylic acids is 1. The van der Waals surface area contributed by atoms with E-state index < -0.39 is 11.9 Å². The SMILES string of the molecule is CNC(=O)[C@H]1C[C@@H](O)CN1[C@H]1CC[C@H](Oc2cc3c(Nc4cccc(Cl)c4F)ncnc3cc2OC)CC1. The van der Waals surface area contributed by atoms with E-state index in [9.17, 15) is 14.3 Å². The fraction of sp³-hybridized carbons (Fsp3) is 0.444. The summed E-state index contributed by atoms with van der Waals surface area (Å²) in [7, 11) is 3.20. The molecule has 38 heavy (non-hydrogen) atoms. The summed E-state index contributed by atoms with van der Waals surface area (Å²) in [6.45, 7) is 0.510. The number of halogens is 2. The van der Waals surface area contributed by atoms with E-state index >= 15 is 0 Å². The van der Waals surface area contributed by atoms with Crippen LogP contribution >= 0.6 is 11.6 Å². The summed E-state index contributed by atoms with van der Waals surface area (Å²) >= 11 is 5.94. The first-order valence-corrected chi connectivity index (χ1v) is 13.1. The van der Waals surface area contributed by atoms with Crippen molar-refractivity contribution in [3.05, 3.63) is 47.5 Å². The van der Waals surface area contributed by atoms with Crippen molar-refractivity contribution in [2.75, 3.05) is 26.0 Å². The first-order chi connectivity index (χ1) is 18.4. The molecule has 202 valence electrons. The Bertz CT molecular complexity index is 1320. The van der Waals surface area contributed by atoms with E-state index in [-0.39, 0.29) is 34.8 Å². The summed E-state index contributed by atoms with van der Waals surface area (Å²) in [5, 5.41) is 16.6. The lowest BCUT2D eigenvalue weighted by Gasteiger charge is -2.37. The third-order valence-corrected chi connectivity index (χ3v) is 7.69. The topological polar surface area (TPSA) is 109 Å². The molecule has 2 atom stereocenters. The van der Waals surface area contributed by atoms with Crippen molar-refractivity contribution in [3.8, 4) is 11.5 Å². The summed E-state index contributed by atoms with van der Waals surface area (Å²) in [4.78, 5) is 23.1. The van der Waals surface area contributed by atoms with E-state index in [1.165, 1.54) is 12.4 Å². The zero-order valence-corrected chi connectivity index (χ0v) is 22.0. The van der Waals surface area contributed by atoms with Gasteiger partial charge in [0.1, 0.15) is 12.1 Å². The van der Waals surface area contributed by atoms with Crippen molar-refractivity contribution in [2.45, 2.75) is 56.4 Å². The van der Waals surface area contributed by atoms with Gasteiger partial charge in [-0.2, -0.15) is 0 Å². The molecule has 2 aromatic carbocycles. The first kappa shape index (κ1) is 26.4. The summed E-state index contributed by atoms with van der Waals surface area (Å²) in [6, 6.07) is 8.22. The molecule has 2 heterocycles. The molecule has 0 bridgehead atoms. The Kier molecular flexibility index (Phi) is 7.83. The molecule has 1 saturated carbocycles. The number of methoxy groups -OCH3 is 1. The van der Waals surface area contributed by atoms with Gasteiger partial charge in [-0.25, -0.2) is 14.4 Å². The summed E-state index contributed by atoms with van der Waals surface area (Å²) < 4.78 is 26.5. The maximum atomic E-state index is 14.5. The molecule has 2 fully saturated rings. The molecule has 0 spiro atoms. The average molecular weight is 544 g/mol. The Morgan fingerprint density at radius 3 is 2.71 bits per heavy atom. The monoisotopic (exact) mass is 543 g/mol. The van der Waals surface area contributed by atoms with Gasteiger partial charge in [-0.1, -0.05) is 17.7 Å². The van der Waals surface area contributed by atoms with Gasteiger partial charge in [-0.15, -0.1) is 0 Å². The van der Waals surface area contributed by atoms with E-state index in [0.717, 1.165) is 25.7 Å². The molecule has 9 nitrogen and oxygen atoms in total. The van der Waals surface area contributed by atoms with Crippen LogP contribution in [-0.2, 0) is 4.79 Å². The number of benzene rings is 2. The Morgan fingerprint density at radius 2 is 1.97 bits per heavy atom. The van der Waals surface area contributed by atoms with Gasteiger partial charge in [0.05, 0.1) is 41.6 Å². The van der Waals surface area contributed by atoms with Gasteiger partial charge in [-0.05, 0) is 50.3 Å². The van der Waals surface area contributed by atoms with Gasteiger partial charge in [0.15, 0.2) is 17.3 Å². The number of nitrogens with zero attached hydrogens (tertiary/aromatic N) is 3. The van der Waals surface area contributed by atoms with Crippen LogP contribution in [0.5, 0.6) is 11.5 Å². The number of aromatic nitrogens is 2. The highest BCUT2D eigenvalue weighted by molar-refractivity contribution is 6.31. The minimum absolute atomic E-state index is 0.0136. The third-order valence-electron chi connectivity index (χ3n) is 7.40. The number of carbonyl (C=O) groups is 1. The molecule has 2 aliphatic rings. The van der Waals surface area contributed by atoms with Crippen molar-refractivity contribution in [1.82, 2.24) is 20.2 Å². The van der Waals surface area contributed by atoms with Crippen molar-refractivity contribution in [1.29, 1.82) is 0 Å². The fourth-order valence-electron chi connectivity index (χ4n) is 5.48. The van der Waals surface area contributed by atoms with Gasteiger partial charge >= 0.3 is 0 Å². The molecule has 0 unspecified atom stereocenters. The average Bonchev–Trinajstić information content (AvgIpc) is 3.32. The highest BCUT2D eigenvalue weighted by Gasteiger charge is 2.40. The van der Waals surface area contributed by atoms with E-state index in [1.807, 2.05) is 6.07 Å². The molecular weight excluding hydrogens is 513 g/mol. The third kappa shape index (κ3) is 5.34. The zero-order valence-electron chi connectivity index (χ0n) is 21.3. The molecule has 0 radical (unpaired) electrons. The summed E-state index contributed by atoms with van der Waals surface area (Å²) in [5.74, 6) is 0.894. The van der Waals surface area contributed by atoms with Crippen molar-refractivity contribution in [3.63, 3.8) is 0 Å². The lowest BCUT2D eigenvalue weighted by molar-refractivity contribution is -0.126. The Morgan fingerprint density at radius 1 is 1.18 bits per heavy atom. The number of likely N-dealkylation sites (N-methyl/N-ethyl adjacent to an activating group) is 1. The lowest BCUT2D eigenvalue weighted by atomic mass is 9.91. The van der Waals surface area contributed by atoms with Crippen LogP contribution in [0.4, 0.5) is 15.9 Å². The van der Waals surface area contributed by atoms with Crippen LogP contribution in [0.25, 0.3) is 10.9 Å². The van der Waals surface area contributed by atoms with Crippen molar-refractivity contribution < 1.29 is 23.8 Å². The van der Waals surface area contributed by atoms with Gasteiger partial charge in [0.2, 0.25) is 5.91 Å². The number of ether oxygens (including phenoxy) is 2. The maximum absolute atomic E-state index is 14.5. The molecule has 11 heteroatoms. The minimum atomic E-state index is -0.563. The molecule has 1 aliphatic carbocycles. The number of aliphatic hydroxyl groups is 1. The molecule has 3 N–H and O–H groups in total. The number of amides is 1. The lowest BCUT2D eigenvalue weighted by Crippen LogP contribution is -2.48. The van der Waals surface area contributed by atoms with E-state index in [4.69, 9.17) is 21.1 Å². The van der Waals surface area contributed by atoms with Gasteiger partial charge < -0.3 is 25.2 Å². The predicted octanol–water partition coefficient (Wildman–Crippen LogP) is 4.05. The number of aliphatic hydroxyl groups excluding tert-OH is 1. The second-order valence-corrected chi connectivity index (χ2v) is 10.1. The highest BCUT2D eigenvalue weighted by Crippen LogP contribution is 2.38. The van der Waals surface area contributed by atoms with Gasteiger partial charge in [0.25, 0.3) is 0 Å². The molecule has 1 aromatic heterocycles. The van der Waals surface area contributed by atoms with E-state index in [2.05, 4.69) is 25.5 Å².